The maximum Gasteiger partial charge on any atom is 0.337 e. The minimum absolute atomic E-state index is 0.0164. The Morgan fingerprint density at radius 1 is 1.11 bits per heavy atom. The van der Waals surface area contributed by atoms with Crippen LogP contribution in [0.5, 0.6) is 11.5 Å². The maximum absolute atomic E-state index is 13.9. The zero-order chi connectivity index (χ0) is 25.4. The monoisotopic (exact) mass is 538 g/mol. The Labute approximate surface area is 209 Å². The number of nitriles is 1. The van der Waals surface area contributed by atoms with Crippen molar-refractivity contribution >= 4 is 39.6 Å². The zero-order valence-corrected chi connectivity index (χ0v) is 20.4. The largest absolute Gasteiger partial charge is 0.493 e. The molecule has 178 valence electrons. The second-order valence-corrected chi connectivity index (χ2v) is 7.96. The summed E-state index contributed by atoms with van der Waals surface area (Å²) >= 11 is 3.41. The number of hydrogen-bond acceptors (Lipinski definition) is 6. The van der Waals surface area contributed by atoms with Crippen molar-refractivity contribution in [2.24, 2.45) is 0 Å². The predicted molar refractivity (Wildman–Crippen MR) is 131 cm³/mol. The molecule has 35 heavy (non-hydrogen) atoms. The molecule has 0 fully saturated rings. The molecule has 3 aromatic carbocycles. The van der Waals surface area contributed by atoms with Gasteiger partial charge in [0.1, 0.15) is 24.1 Å². The first-order valence-electron chi connectivity index (χ1n) is 10.2. The van der Waals surface area contributed by atoms with E-state index in [1.54, 1.807) is 30.3 Å². The highest BCUT2D eigenvalue weighted by atomic mass is 79.9. The molecule has 0 aliphatic carbocycles. The van der Waals surface area contributed by atoms with E-state index < -0.39 is 11.9 Å². The number of benzene rings is 3. The molecule has 3 aromatic rings. The summed E-state index contributed by atoms with van der Waals surface area (Å²) in [7, 11) is 2.72. The molecule has 0 aliphatic rings. The lowest BCUT2D eigenvalue weighted by atomic mass is 10.1. The van der Waals surface area contributed by atoms with Gasteiger partial charge in [-0.15, -0.1) is 0 Å². The van der Waals surface area contributed by atoms with Gasteiger partial charge in [-0.1, -0.05) is 18.2 Å². The van der Waals surface area contributed by atoms with E-state index in [1.807, 2.05) is 6.07 Å². The van der Waals surface area contributed by atoms with Crippen LogP contribution in [-0.4, -0.2) is 26.1 Å². The van der Waals surface area contributed by atoms with Gasteiger partial charge in [-0.3, -0.25) is 4.79 Å². The van der Waals surface area contributed by atoms with Crippen LogP contribution in [0.1, 0.15) is 21.5 Å². The summed E-state index contributed by atoms with van der Waals surface area (Å²) in [6.07, 6.45) is 1.39. The van der Waals surface area contributed by atoms with E-state index >= 15 is 0 Å². The first-order valence-corrected chi connectivity index (χ1v) is 11.0. The van der Waals surface area contributed by atoms with E-state index in [0.717, 1.165) is 0 Å². The number of anilines is 1. The summed E-state index contributed by atoms with van der Waals surface area (Å²) in [6.45, 7) is -0.0164. The second-order valence-electron chi connectivity index (χ2n) is 7.11. The fraction of sp³-hybridized carbons (Fsp3) is 0.115. The topological polar surface area (TPSA) is 97.7 Å². The van der Waals surface area contributed by atoms with Gasteiger partial charge in [0, 0.05) is 11.3 Å². The Kier molecular flexibility index (Phi) is 8.59. The Bertz CT molecular complexity index is 1320. The number of ether oxygens (including phenoxy) is 3. The zero-order valence-electron chi connectivity index (χ0n) is 18.8. The van der Waals surface area contributed by atoms with Crippen LogP contribution in [0.2, 0.25) is 0 Å². The van der Waals surface area contributed by atoms with E-state index in [4.69, 9.17) is 9.47 Å². The summed E-state index contributed by atoms with van der Waals surface area (Å²) in [5, 5.41) is 12.1. The Hall–Kier alpha value is -4.16. The normalized spacial score (nSPS) is 10.8. The standard InChI is InChI=1S/C26H20BrFN2O5/c1-33-23-13-16(12-21(27)24(23)35-15-18-5-3-4-6-22(18)28)11-19(14-29)25(31)30-20-9-7-17(8-10-20)26(32)34-2/h3-13H,15H2,1-2H3,(H,30,31)/b19-11+. The third-order valence-electron chi connectivity index (χ3n) is 4.82. The Balaban J connectivity index is 1.79. The summed E-state index contributed by atoms with van der Waals surface area (Å²) < 4.78 is 30.2. The molecule has 0 saturated carbocycles. The molecule has 1 amide bonds. The first kappa shape index (κ1) is 25.5. The Morgan fingerprint density at radius 2 is 1.83 bits per heavy atom. The molecular formula is C26H20BrFN2O5. The molecule has 0 saturated heterocycles. The number of methoxy groups -OCH3 is 2. The van der Waals surface area contributed by atoms with Gasteiger partial charge in [-0.05, 0) is 70.0 Å². The Morgan fingerprint density at radius 3 is 2.46 bits per heavy atom. The van der Waals surface area contributed by atoms with Crippen LogP contribution in [0.3, 0.4) is 0 Å². The van der Waals surface area contributed by atoms with Crippen LogP contribution in [0.15, 0.2) is 70.7 Å². The van der Waals surface area contributed by atoms with Crippen LogP contribution in [0.25, 0.3) is 6.08 Å². The first-order chi connectivity index (χ1) is 16.9. The van der Waals surface area contributed by atoms with E-state index in [2.05, 4.69) is 26.0 Å². The molecule has 1 N–H and O–H groups in total. The number of rotatable bonds is 8. The smallest absolute Gasteiger partial charge is 0.337 e. The molecule has 0 unspecified atom stereocenters. The average molecular weight is 539 g/mol. The van der Waals surface area contributed by atoms with Gasteiger partial charge in [0.05, 0.1) is 24.3 Å². The van der Waals surface area contributed by atoms with Crippen molar-refractivity contribution in [3.63, 3.8) is 0 Å². The van der Waals surface area contributed by atoms with Gasteiger partial charge < -0.3 is 19.5 Å². The van der Waals surface area contributed by atoms with Crippen molar-refractivity contribution in [2.45, 2.75) is 6.61 Å². The van der Waals surface area contributed by atoms with Crippen molar-refractivity contribution in [2.75, 3.05) is 19.5 Å². The highest BCUT2D eigenvalue weighted by Gasteiger charge is 2.15. The number of carbonyl (C=O) groups is 2. The van der Waals surface area contributed by atoms with Gasteiger partial charge in [0.2, 0.25) is 0 Å². The number of esters is 1. The number of nitrogens with one attached hydrogen (secondary N) is 1. The molecule has 0 bridgehead atoms. The minimum Gasteiger partial charge on any atom is -0.493 e. The summed E-state index contributed by atoms with van der Waals surface area (Å²) in [5.74, 6) is -0.832. The predicted octanol–water partition coefficient (Wildman–Crippen LogP) is 5.51. The molecule has 9 heteroatoms. The third kappa shape index (κ3) is 6.46. The molecular weight excluding hydrogens is 519 g/mol. The van der Waals surface area contributed by atoms with Gasteiger partial charge >= 0.3 is 5.97 Å². The summed E-state index contributed by atoms with van der Waals surface area (Å²) in [4.78, 5) is 24.2. The molecule has 0 radical (unpaired) electrons. The van der Waals surface area contributed by atoms with Gasteiger partial charge in [0.25, 0.3) is 5.91 Å². The van der Waals surface area contributed by atoms with Crippen LogP contribution >= 0.6 is 15.9 Å². The minimum atomic E-state index is -0.631. The number of hydrogen-bond donors (Lipinski definition) is 1. The lowest BCUT2D eigenvalue weighted by Crippen LogP contribution is -2.13. The molecule has 0 aliphatic heterocycles. The number of carbonyl (C=O) groups excluding carboxylic acids is 2. The van der Waals surface area contributed by atoms with Crippen molar-refractivity contribution in [1.82, 2.24) is 0 Å². The number of halogens is 2. The van der Waals surface area contributed by atoms with Crippen molar-refractivity contribution in [3.05, 3.63) is 93.2 Å². The molecule has 0 spiro atoms. The van der Waals surface area contributed by atoms with Crippen molar-refractivity contribution in [1.29, 1.82) is 5.26 Å². The van der Waals surface area contributed by atoms with Crippen LogP contribution < -0.4 is 14.8 Å². The number of amides is 1. The van der Waals surface area contributed by atoms with E-state index in [1.165, 1.54) is 50.6 Å². The fourth-order valence-corrected chi connectivity index (χ4v) is 3.62. The van der Waals surface area contributed by atoms with Gasteiger partial charge in [-0.25, -0.2) is 9.18 Å². The van der Waals surface area contributed by atoms with Crippen LogP contribution in [0, 0.1) is 17.1 Å². The lowest BCUT2D eigenvalue weighted by molar-refractivity contribution is -0.112. The molecule has 3 rings (SSSR count). The third-order valence-corrected chi connectivity index (χ3v) is 5.41. The summed E-state index contributed by atoms with van der Waals surface area (Å²) in [6, 6.07) is 17.4. The highest BCUT2D eigenvalue weighted by molar-refractivity contribution is 9.10. The molecule has 7 nitrogen and oxygen atoms in total. The van der Waals surface area contributed by atoms with Crippen molar-refractivity contribution in [3.8, 4) is 17.6 Å². The SMILES string of the molecule is COC(=O)c1ccc(NC(=O)/C(C#N)=C/c2cc(Br)c(OCc3ccccc3F)c(OC)c2)cc1. The molecule has 0 aromatic heterocycles. The van der Waals surface area contributed by atoms with E-state index in [-0.39, 0.29) is 18.0 Å². The van der Waals surface area contributed by atoms with E-state index in [9.17, 15) is 19.2 Å². The number of nitrogens with zero attached hydrogens (tertiary/aromatic N) is 1. The lowest BCUT2D eigenvalue weighted by Gasteiger charge is -2.14. The van der Waals surface area contributed by atoms with E-state index in [0.29, 0.717) is 38.3 Å². The van der Waals surface area contributed by atoms with Crippen molar-refractivity contribution < 1.29 is 28.2 Å². The average Bonchev–Trinajstić information content (AvgIpc) is 2.87. The second kappa shape index (κ2) is 11.8. The maximum atomic E-state index is 13.9. The fourth-order valence-electron chi connectivity index (χ4n) is 3.05. The summed E-state index contributed by atoms with van der Waals surface area (Å²) in [5.41, 5.74) is 1.46. The van der Waals surface area contributed by atoms with Gasteiger partial charge in [0.15, 0.2) is 11.5 Å². The highest BCUT2D eigenvalue weighted by Crippen LogP contribution is 2.38. The van der Waals surface area contributed by atoms with Crippen LogP contribution in [-0.2, 0) is 16.1 Å². The molecule has 0 heterocycles. The van der Waals surface area contributed by atoms with Crippen LogP contribution in [0.4, 0.5) is 10.1 Å². The van der Waals surface area contributed by atoms with Gasteiger partial charge in [-0.2, -0.15) is 5.26 Å². The molecule has 0 atom stereocenters. The quantitative estimate of drug-likeness (QED) is 0.231.